The fraction of sp³-hybridized carbons (Fsp3) is 0.217. The van der Waals surface area contributed by atoms with Crippen LogP contribution in [0.3, 0.4) is 0 Å². The summed E-state index contributed by atoms with van der Waals surface area (Å²) < 4.78 is 17.3. The largest absolute Gasteiger partial charge is 0.492 e. The Morgan fingerprint density at radius 3 is 2.22 bits per heavy atom. The molecular formula is C23H25NO3. The Morgan fingerprint density at radius 1 is 0.667 bits per heavy atom. The van der Waals surface area contributed by atoms with E-state index in [0.717, 1.165) is 22.9 Å². The first-order valence-corrected chi connectivity index (χ1v) is 9.14. The van der Waals surface area contributed by atoms with Gasteiger partial charge >= 0.3 is 0 Å². The third kappa shape index (κ3) is 6.26. The predicted octanol–water partition coefficient (Wildman–Crippen LogP) is 4.94. The van der Waals surface area contributed by atoms with Crippen LogP contribution in [-0.4, -0.2) is 26.4 Å². The normalized spacial score (nSPS) is 10.3. The number of hydrogen-bond acceptors (Lipinski definition) is 4. The van der Waals surface area contributed by atoms with E-state index in [0.29, 0.717) is 26.4 Å². The molecule has 140 valence electrons. The third-order valence-electron chi connectivity index (χ3n) is 3.92. The summed E-state index contributed by atoms with van der Waals surface area (Å²) in [6.45, 7) is 4.30. The van der Waals surface area contributed by atoms with Crippen molar-refractivity contribution in [2.45, 2.75) is 6.92 Å². The Kier molecular flexibility index (Phi) is 6.99. The molecule has 0 saturated carbocycles. The van der Waals surface area contributed by atoms with E-state index in [1.807, 2.05) is 72.8 Å². The summed E-state index contributed by atoms with van der Waals surface area (Å²) in [5, 5.41) is 3.37. The Hall–Kier alpha value is -3.14. The zero-order valence-corrected chi connectivity index (χ0v) is 15.6. The summed E-state index contributed by atoms with van der Waals surface area (Å²) in [6, 6.07) is 25.7. The third-order valence-corrected chi connectivity index (χ3v) is 3.92. The minimum atomic E-state index is 0.480. The van der Waals surface area contributed by atoms with Gasteiger partial charge in [0.25, 0.3) is 0 Å². The van der Waals surface area contributed by atoms with Crippen LogP contribution in [0.5, 0.6) is 17.2 Å². The molecule has 0 radical (unpaired) electrons. The van der Waals surface area contributed by atoms with Crippen LogP contribution in [0.4, 0.5) is 5.69 Å². The molecule has 3 rings (SSSR count). The molecule has 0 bridgehead atoms. The van der Waals surface area contributed by atoms with Crippen molar-refractivity contribution in [2.24, 2.45) is 0 Å². The van der Waals surface area contributed by atoms with Crippen LogP contribution in [0.15, 0.2) is 78.9 Å². The van der Waals surface area contributed by atoms with Crippen LogP contribution >= 0.6 is 0 Å². The maximum Gasteiger partial charge on any atom is 0.142 e. The van der Waals surface area contributed by atoms with E-state index < -0.39 is 0 Å². The van der Waals surface area contributed by atoms with Gasteiger partial charge in [-0.1, -0.05) is 42.5 Å². The van der Waals surface area contributed by atoms with Gasteiger partial charge in [0.15, 0.2) is 0 Å². The highest BCUT2D eigenvalue weighted by molar-refractivity contribution is 5.56. The molecule has 4 heteroatoms. The van der Waals surface area contributed by atoms with E-state index in [-0.39, 0.29) is 0 Å². The monoisotopic (exact) mass is 363 g/mol. The van der Waals surface area contributed by atoms with Gasteiger partial charge in [0.2, 0.25) is 0 Å². The Bertz CT molecular complexity index is 821. The number of ether oxygens (including phenoxy) is 3. The maximum atomic E-state index is 5.86. The molecule has 4 nitrogen and oxygen atoms in total. The second-order valence-corrected chi connectivity index (χ2v) is 6.10. The number of para-hydroxylation sites is 3. The molecule has 0 spiro atoms. The van der Waals surface area contributed by atoms with Gasteiger partial charge in [0.05, 0.1) is 5.69 Å². The lowest BCUT2D eigenvalue weighted by Gasteiger charge is -2.14. The van der Waals surface area contributed by atoms with Gasteiger partial charge in [-0.15, -0.1) is 0 Å². The van der Waals surface area contributed by atoms with Gasteiger partial charge in [0.1, 0.15) is 37.1 Å². The standard InChI is InChI=1S/C23H25NO3/c1-19-8-7-11-21(18-19)25-15-14-24-22-12-5-6-13-23(22)27-17-16-26-20-9-3-2-4-10-20/h2-13,18,24H,14-17H2,1H3. The first kappa shape index (κ1) is 18.6. The van der Waals surface area contributed by atoms with Crippen molar-refractivity contribution in [2.75, 3.05) is 31.7 Å². The molecule has 0 amide bonds. The van der Waals surface area contributed by atoms with Crippen molar-refractivity contribution >= 4 is 5.69 Å². The molecule has 0 aromatic heterocycles. The topological polar surface area (TPSA) is 39.7 Å². The summed E-state index contributed by atoms with van der Waals surface area (Å²) in [7, 11) is 0. The Balaban J connectivity index is 1.41. The summed E-state index contributed by atoms with van der Waals surface area (Å²) in [6.07, 6.45) is 0. The molecule has 3 aromatic carbocycles. The van der Waals surface area contributed by atoms with Gasteiger partial charge < -0.3 is 19.5 Å². The fourth-order valence-corrected chi connectivity index (χ4v) is 2.63. The van der Waals surface area contributed by atoms with Gasteiger partial charge in [-0.2, -0.15) is 0 Å². The van der Waals surface area contributed by atoms with Crippen molar-refractivity contribution in [3.63, 3.8) is 0 Å². The van der Waals surface area contributed by atoms with E-state index in [9.17, 15) is 0 Å². The van der Waals surface area contributed by atoms with Crippen molar-refractivity contribution in [1.82, 2.24) is 0 Å². The fourth-order valence-electron chi connectivity index (χ4n) is 2.63. The Labute approximate surface area is 160 Å². The number of anilines is 1. The molecule has 27 heavy (non-hydrogen) atoms. The molecule has 0 fully saturated rings. The molecule has 0 aliphatic rings. The zero-order chi connectivity index (χ0) is 18.7. The summed E-state index contributed by atoms with van der Waals surface area (Å²) in [4.78, 5) is 0. The summed E-state index contributed by atoms with van der Waals surface area (Å²) in [5.74, 6) is 2.55. The van der Waals surface area contributed by atoms with Crippen molar-refractivity contribution < 1.29 is 14.2 Å². The van der Waals surface area contributed by atoms with E-state index in [4.69, 9.17) is 14.2 Å². The van der Waals surface area contributed by atoms with Gasteiger partial charge in [0, 0.05) is 6.54 Å². The molecule has 0 saturated heterocycles. The zero-order valence-electron chi connectivity index (χ0n) is 15.6. The van der Waals surface area contributed by atoms with Crippen LogP contribution in [0, 0.1) is 6.92 Å². The molecule has 0 aliphatic heterocycles. The Morgan fingerprint density at radius 2 is 1.37 bits per heavy atom. The molecule has 1 N–H and O–H groups in total. The number of aryl methyl sites for hydroxylation is 1. The number of benzene rings is 3. The molecule has 0 aliphatic carbocycles. The van der Waals surface area contributed by atoms with Crippen LogP contribution < -0.4 is 19.5 Å². The van der Waals surface area contributed by atoms with Gasteiger partial charge in [-0.25, -0.2) is 0 Å². The van der Waals surface area contributed by atoms with E-state index >= 15 is 0 Å². The molecule has 0 atom stereocenters. The van der Waals surface area contributed by atoms with E-state index in [1.54, 1.807) is 0 Å². The minimum absolute atomic E-state index is 0.480. The second kappa shape index (κ2) is 10.1. The van der Waals surface area contributed by atoms with Crippen LogP contribution in [0.2, 0.25) is 0 Å². The lowest BCUT2D eigenvalue weighted by molar-refractivity contribution is 0.217. The summed E-state index contributed by atoms with van der Waals surface area (Å²) in [5.41, 5.74) is 2.14. The number of rotatable bonds is 10. The van der Waals surface area contributed by atoms with Crippen molar-refractivity contribution in [1.29, 1.82) is 0 Å². The minimum Gasteiger partial charge on any atom is -0.492 e. The maximum absolute atomic E-state index is 5.86. The quantitative estimate of drug-likeness (QED) is 0.518. The smallest absolute Gasteiger partial charge is 0.142 e. The number of nitrogens with one attached hydrogen (secondary N) is 1. The predicted molar refractivity (Wildman–Crippen MR) is 109 cm³/mol. The first-order chi connectivity index (χ1) is 13.3. The first-order valence-electron chi connectivity index (χ1n) is 9.14. The van der Waals surface area contributed by atoms with Gasteiger partial charge in [-0.05, 0) is 48.9 Å². The molecular weight excluding hydrogens is 338 g/mol. The average Bonchev–Trinajstić information content (AvgIpc) is 2.70. The molecule has 0 unspecified atom stereocenters. The van der Waals surface area contributed by atoms with Crippen molar-refractivity contribution in [3.05, 3.63) is 84.4 Å². The molecule has 3 aromatic rings. The second-order valence-electron chi connectivity index (χ2n) is 6.10. The van der Waals surface area contributed by atoms with E-state index in [2.05, 4.69) is 18.3 Å². The lowest BCUT2D eigenvalue weighted by atomic mass is 10.2. The lowest BCUT2D eigenvalue weighted by Crippen LogP contribution is -2.14. The van der Waals surface area contributed by atoms with Crippen LogP contribution in [0.1, 0.15) is 5.56 Å². The van der Waals surface area contributed by atoms with E-state index in [1.165, 1.54) is 5.56 Å². The number of hydrogen-bond donors (Lipinski definition) is 1. The average molecular weight is 363 g/mol. The summed E-state index contributed by atoms with van der Waals surface area (Å²) >= 11 is 0. The van der Waals surface area contributed by atoms with Crippen LogP contribution in [-0.2, 0) is 0 Å². The SMILES string of the molecule is Cc1cccc(OCCNc2ccccc2OCCOc2ccccc2)c1. The highest BCUT2D eigenvalue weighted by atomic mass is 16.5. The molecule has 0 heterocycles. The highest BCUT2D eigenvalue weighted by Crippen LogP contribution is 2.23. The van der Waals surface area contributed by atoms with Gasteiger partial charge in [-0.3, -0.25) is 0 Å². The van der Waals surface area contributed by atoms with Crippen molar-refractivity contribution in [3.8, 4) is 17.2 Å². The van der Waals surface area contributed by atoms with Crippen LogP contribution in [0.25, 0.3) is 0 Å². The highest BCUT2D eigenvalue weighted by Gasteiger charge is 2.03.